The summed E-state index contributed by atoms with van der Waals surface area (Å²) in [5.74, 6) is 0.184. The highest BCUT2D eigenvalue weighted by Crippen LogP contribution is 2.57. The van der Waals surface area contributed by atoms with E-state index in [9.17, 15) is 4.79 Å². The maximum Gasteiger partial charge on any atom is 0.225 e. The highest BCUT2D eigenvalue weighted by atomic mass is 35.5. The van der Waals surface area contributed by atoms with E-state index in [0.29, 0.717) is 17.9 Å². The van der Waals surface area contributed by atoms with Gasteiger partial charge in [0, 0.05) is 29.8 Å². The van der Waals surface area contributed by atoms with E-state index < -0.39 is 5.72 Å². The van der Waals surface area contributed by atoms with E-state index in [-0.39, 0.29) is 18.1 Å². The largest absolute Gasteiger partial charge is 0.345 e. The summed E-state index contributed by atoms with van der Waals surface area (Å²) in [6.45, 7) is 0. The summed E-state index contributed by atoms with van der Waals surface area (Å²) in [5, 5.41) is 0.699. The highest BCUT2D eigenvalue weighted by molar-refractivity contribution is 6.30. The van der Waals surface area contributed by atoms with Gasteiger partial charge in [0.05, 0.1) is 12.1 Å². The second-order valence-corrected chi connectivity index (χ2v) is 7.00. The zero-order chi connectivity index (χ0) is 15.6. The predicted molar refractivity (Wildman–Crippen MR) is 87.0 cm³/mol. The van der Waals surface area contributed by atoms with E-state index >= 15 is 0 Å². The minimum Gasteiger partial charge on any atom is -0.345 e. The third-order valence-corrected chi connectivity index (χ3v) is 5.65. The fourth-order valence-corrected chi connectivity index (χ4v) is 4.60. The third-order valence-electron chi connectivity index (χ3n) is 5.40. The Morgan fingerprint density at radius 3 is 2.74 bits per heavy atom. The topological polar surface area (TPSA) is 29.5 Å². The molecule has 1 amide bonds. The molecule has 2 aliphatic heterocycles. The zero-order valence-electron chi connectivity index (χ0n) is 12.5. The summed E-state index contributed by atoms with van der Waals surface area (Å²) < 4.78 is 6.54. The van der Waals surface area contributed by atoms with Crippen molar-refractivity contribution in [2.45, 2.75) is 37.1 Å². The Labute approximate surface area is 139 Å². The van der Waals surface area contributed by atoms with Crippen molar-refractivity contribution in [2.24, 2.45) is 0 Å². The first-order chi connectivity index (χ1) is 11.2. The molecule has 0 N–H and O–H groups in total. The van der Waals surface area contributed by atoms with Gasteiger partial charge in [0.2, 0.25) is 5.91 Å². The fraction of sp³-hybridized carbons (Fsp3) is 0.316. The molecule has 2 saturated heterocycles. The lowest BCUT2D eigenvalue weighted by molar-refractivity contribution is -0.141. The quantitative estimate of drug-likeness (QED) is 0.798. The molecular weight excluding hydrogens is 310 g/mol. The number of halogens is 1. The minimum atomic E-state index is -0.620. The SMILES string of the molecule is O=C1CC[C@@]2(c3ccc(Cl)cc3)O[C@@H]3Cc4ccccc4[C@@H]3N12. The van der Waals surface area contributed by atoms with Gasteiger partial charge in [-0.25, -0.2) is 0 Å². The van der Waals surface area contributed by atoms with E-state index in [1.165, 1.54) is 11.1 Å². The Morgan fingerprint density at radius 2 is 1.91 bits per heavy atom. The lowest BCUT2D eigenvalue weighted by atomic mass is 9.99. The second kappa shape index (κ2) is 4.59. The lowest BCUT2D eigenvalue weighted by Crippen LogP contribution is -2.40. The summed E-state index contributed by atoms with van der Waals surface area (Å²) in [6.07, 6.45) is 2.17. The van der Waals surface area contributed by atoms with Crippen molar-refractivity contribution in [3.8, 4) is 0 Å². The molecule has 2 aromatic carbocycles. The molecule has 2 heterocycles. The lowest BCUT2D eigenvalue weighted by Gasteiger charge is -2.34. The molecule has 1 aliphatic carbocycles. The number of ether oxygens (including phenoxy) is 1. The van der Waals surface area contributed by atoms with Gasteiger partial charge in [0.25, 0.3) is 0 Å². The number of nitrogens with zero attached hydrogens (tertiary/aromatic N) is 1. The van der Waals surface area contributed by atoms with E-state index in [1.54, 1.807) is 0 Å². The maximum atomic E-state index is 12.7. The van der Waals surface area contributed by atoms with Crippen molar-refractivity contribution in [1.29, 1.82) is 0 Å². The van der Waals surface area contributed by atoms with Gasteiger partial charge < -0.3 is 9.64 Å². The van der Waals surface area contributed by atoms with Crippen LogP contribution in [-0.2, 0) is 21.7 Å². The third kappa shape index (κ3) is 1.72. The molecule has 0 bridgehead atoms. The molecule has 2 fully saturated rings. The molecular formula is C19H16ClNO2. The molecule has 0 unspecified atom stereocenters. The number of benzene rings is 2. The summed E-state index contributed by atoms with van der Waals surface area (Å²) in [5.41, 5.74) is 2.94. The molecule has 0 saturated carbocycles. The molecule has 2 aromatic rings. The van der Waals surface area contributed by atoms with Gasteiger partial charge in [0.1, 0.15) is 0 Å². The first-order valence-electron chi connectivity index (χ1n) is 8.03. The summed E-state index contributed by atoms with van der Waals surface area (Å²) >= 11 is 6.03. The number of hydrogen-bond acceptors (Lipinski definition) is 2. The molecule has 0 aromatic heterocycles. The molecule has 0 radical (unpaired) electrons. The van der Waals surface area contributed by atoms with Crippen molar-refractivity contribution >= 4 is 17.5 Å². The molecule has 4 heteroatoms. The van der Waals surface area contributed by atoms with Crippen LogP contribution in [-0.4, -0.2) is 16.9 Å². The van der Waals surface area contributed by atoms with Gasteiger partial charge in [-0.1, -0.05) is 48.0 Å². The first kappa shape index (κ1) is 13.6. The Balaban J connectivity index is 1.65. The van der Waals surface area contributed by atoms with E-state index in [2.05, 4.69) is 18.2 Å². The second-order valence-electron chi connectivity index (χ2n) is 6.56. The molecule has 3 aliphatic rings. The van der Waals surface area contributed by atoms with Crippen molar-refractivity contribution in [3.05, 3.63) is 70.2 Å². The van der Waals surface area contributed by atoms with Crippen LogP contribution < -0.4 is 0 Å². The van der Waals surface area contributed by atoms with E-state index in [1.807, 2.05) is 35.2 Å². The van der Waals surface area contributed by atoms with Crippen LogP contribution in [0.15, 0.2) is 48.5 Å². The summed E-state index contributed by atoms with van der Waals surface area (Å²) in [7, 11) is 0. The van der Waals surface area contributed by atoms with Crippen LogP contribution in [0.1, 0.15) is 35.6 Å². The monoisotopic (exact) mass is 325 g/mol. The van der Waals surface area contributed by atoms with Crippen LogP contribution in [0.4, 0.5) is 0 Å². The van der Waals surface area contributed by atoms with Crippen LogP contribution in [0, 0.1) is 0 Å². The number of amides is 1. The average molecular weight is 326 g/mol. The number of rotatable bonds is 1. The minimum absolute atomic E-state index is 0.0388. The Morgan fingerprint density at radius 1 is 1.13 bits per heavy atom. The molecule has 23 heavy (non-hydrogen) atoms. The number of fused-ring (bicyclic) bond motifs is 5. The van der Waals surface area contributed by atoms with Crippen molar-refractivity contribution in [3.63, 3.8) is 0 Å². The fourth-order valence-electron chi connectivity index (χ4n) is 4.48. The molecule has 3 nitrogen and oxygen atoms in total. The van der Waals surface area contributed by atoms with Crippen molar-refractivity contribution < 1.29 is 9.53 Å². The van der Waals surface area contributed by atoms with Gasteiger partial charge in [-0.05, 0) is 23.3 Å². The molecule has 116 valence electrons. The van der Waals surface area contributed by atoms with E-state index in [0.717, 1.165) is 12.0 Å². The molecule has 3 atom stereocenters. The first-order valence-corrected chi connectivity index (χ1v) is 8.41. The zero-order valence-corrected chi connectivity index (χ0v) is 13.3. The Kier molecular flexibility index (Phi) is 2.71. The number of hydrogen-bond donors (Lipinski definition) is 0. The van der Waals surface area contributed by atoms with Crippen LogP contribution in [0.3, 0.4) is 0 Å². The van der Waals surface area contributed by atoms with Crippen LogP contribution >= 0.6 is 11.6 Å². The predicted octanol–water partition coefficient (Wildman–Crippen LogP) is 3.81. The summed E-state index contributed by atoms with van der Waals surface area (Å²) in [4.78, 5) is 14.7. The highest BCUT2D eigenvalue weighted by Gasteiger charge is 2.61. The normalized spacial score (nSPS) is 31.2. The van der Waals surface area contributed by atoms with E-state index in [4.69, 9.17) is 16.3 Å². The van der Waals surface area contributed by atoms with Crippen LogP contribution in [0.2, 0.25) is 5.02 Å². The van der Waals surface area contributed by atoms with Crippen molar-refractivity contribution in [2.75, 3.05) is 0 Å². The maximum absolute atomic E-state index is 12.7. The Hall–Kier alpha value is -1.84. The number of carbonyl (C=O) groups excluding carboxylic acids is 1. The Bertz CT molecular complexity index is 803. The van der Waals surface area contributed by atoms with Crippen LogP contribution in [0.5, 0.6) is 0 Å². The van der Waals surface area contributed by atoms with Crippen molar-refractivity contribution in [1.82, 2.24) is 4.90 Å². The molecule has 0 spiro atoms. The van der Waals surface area contributed by atoms with Crippen LogP contribution in [0.25, 0.3) is 0 Å². The molecule has 5 rings (SSSR count). The standard InChI is InChI=1S/C19H16ClNO2/c20-14-7-5-13(6-8-14)19-10-9-17(22)21(19)18-15-4-2-1-3-12(15)11-16(18)23-19/h1-8,16,18H,9-11H2/t16-,18+,19+/m1/s1. The smallest absolute Gasteiger partial charge is 0.225 e. The van der Waals surface area contributed by atoms with Gasteiger partial charge in [0.15, 0.2) is 5.72 Å². The average Bonchev–Trinajstić information content (AvgIpc) is 3.16. The van der Waals surface area contributed by atoms with Gasteiger partial charge in [-0.2, -0.15) is 0 Å². The summed E-state index contributed by atoms with van der Waals surface area (Å²) in [6, 6.07) is 16.1. The number of carbonyl (C=O) groups is 1. The van der Waals surface area contributed by atoms with Gasteiger partial charge in [-0.15, -0.1) is 0 Å². The van der Waals surface area contributed by atoms with Gasteiger partial charge in [-0.3, -0.25) is 4.79 Å². The van der Waals surface area contributed by atoms with Gasteiger partial charge >= 0.3 is 0 Å².